The monoisotopic (exact) mass is 854 g/mol. The highest BCUT2D eigenvalue weighted by Gasteiger charge is 2.32. The number of benzene rings is 8. The summed E-state index contributed by atoms with van der Waals surface area (Å²) in [5.41, 5.74) is 7.01. The molecule has 0 aliphatic heterocycles. The zero-order valence-corrected chi connectivity index (χ0v) is 34.1. The minimum absolute atomic E-state index is 0.0892. The van der Waals surface area contributed by atoms with E-state index in [0.29, 0.717) is 66.9 Å². The average molecular weight is 855 g/mol. The zero-order chi connectivity index (χ0) is 45.9. The zero-order valence-electron chi connectivity index (χ0n) is 34.1. The van der Waals surface area contributed by atoms with E-state index in [1.54, 1.807) is 36.4 Å². The fraction of sp³-hybridized carbons (Fsp3) is 0.0182. The molecule has 0 radical (unpaired) electrons. The molecular weight excluding hydrogens is 830 g/mol. The normalized spacial score (nSPS) is 11.2. The number of hydrogen-bond donors (Lipinski definition) is 0. The predicted octanol–water partition coefficient (Wildman–Crippen LogP) is 13.1. The van der Waals surface area contributed by atoms with Crippen molar-refractivity contribution in [3.05, 3.63) is 191 Å². The maximum atomic E-state index is 14.0. The van der Waals surface area contributed by atoms with Crippen LogP contribution in [0.3, 0.4) is 0 Å². The summed E-state index contributed by atoms with van der Waals surface area (Å²) < 4.78 is 46.1. The molecule has 10 rings (SSSR count). The second-order valence-corrected chi connectivity index (χ2v) is 15.6. The smallest absolute Gasteiger partial charge is 0.307 e. The molecule has 0 atom stereocenters. The van der Waals surface area contributed by atoms with Crippen molar-refractivity contribution in [1.29, 1.82) is 31.6 Å². The summed E-state index contributed by atoms with van der Waals surface area (Å²) >= 11 is 0. The van der Waals surface area contributed by atoms with E-state index < -0.39 is 11.7 Å². The molecule has 0 fully saturated rings. The van der Waals surface area contributed by atoms with Crippen molar-refractivity contribution in [2.75, 3.05) is 0 Å². The van der Waals surface area contributed by atoms with Gasteiger partial charge in [0.05, 0.1) is 109 Å². The molecule has 0 bridgehead atoms. The first-order chi connectivity index (χ1) is 32.0. The first-order valence-corrected chi connectivity index (χ1v) is 20.2. The first-order valence-electron chi connectivity index (χ1n) is 20.2. The van der Waals surface area contributed by atoms with Crippen LogP contribution in [-0.4, -0.2) is 9.13 Å². The van der Waals surface area contributed by atoms with Crippen molar-refractivity contribution in [2.24, 2.45) is 0 Å². The van der Waals surface area contributed by atoms with E-state index in [1.165, 1.54) is 18.2 Å². The number of nitriles is 6. The topological polar surface area (TPSA) is 153 Å². The third kappa shape index (κ3) is 6.51. The quantitative estimate of drug-likeness (QED) is 0.168. The van der Waals surface area contributed by atoms with Gasteiger partial charge in [0.15, 0.2) is 0 Å². The molecule has 0 saturated carbocycles. The molecule has 11 heteroatoms. The van der Waals surface area contributed by atoms with E-state index in [0.717, 1.165) is 44.7 Å². The number of nitrogens with zero attached hydrogens (tertiary/aromatic N) is 8. The summed E-state index contributed by atoms with van der Waals surface area (Å²) in [7, 11) is 0. The number of hydrogen-bond acceptors (Lipinski definition) is 6. The van der Waals surface area contributed by atoms with Crippen LogP contribution >= 0.6 is 0 Å². The molecule has 0 amide bonds. The Morgan fingerprint density at radius 2 is 0.773 bits per heavy atom. The molecular formula is C55H25F3N8. The Hall–Kier alpha value is -9.91. The van der Waals surface area contributed by atoms with Crippen molar-refractivity contribution in [3.8, 4) is 81.2 Å². The molecule has 10 aromatic rings. The highest BCUT2D eigenvalue weighted by Crippen LogP contribution is 2.44. The molecule has 0 spiro atoms. The number of halogens is 3. The van der Waals surface area contributed by atoms with Gasteiger partial charge in [0.1, 0.15) is 0 Å². The lowest BCUT2D eigenvalue weighted by Crippen LogP contribution is -2.07. The summed E-state index contributed by atoms with van der Waals surface area (Å²) in [5.74, 6) is 0. The Morgan fingerprint density at radius 3 is 1.21 bits per heavy atom. The van der Waals surface area contributed by atoms with Crippen LogP contribution < -0.4 is 0 Å². The summed E-state index contributed by atoms with van der Waals surface area (Å²) in [6.07, 6.45) is -4.72. The number of aromatic nitrogens is 2. The molecule has 2 heterocycles. The van der Waals surface area contributed by atoms with Gasteiger partial charge >= 0.3 is 6.18 Å². The lowest BCUT2D eigenvalue weighted by Gasteiger charge is -2.20. The fourth-order valence-corrected chi connectivity index (χ4v) is 8.96. The Morgan fingerprint density at radius 1 is 0.348 bits per heavy atom. The lowest BCUT2D eigenvalue weighted by molar-refractivity contribution is -0.137. The molecule has 0 saturated heterocycles. The van der Waals surface area contributed by atoms with Gasteiger partial charge < -0.3 is 9.13 Å². The average Bonchev–Trinajstić information content (AvgIpc) is 3.86. The van der Waals surface area contributed by atoms with Crippen molar-refractivity contribution in [3.63, 3.8) is 0 Å². The minimum atomic E-state index is -4.72. The van der Waals surface area contributed by atoms with Crippen LogP contribution in [0.1, 0.15) is 38.9 Å². The molecule has 0 unspecified atom stereocenters. The summed E-state index contributed by atoms with van der Waals surface area (Å²) in [4.78, 5) is 0. The highest BCUT2D eigenvalue weighted by molar-refractivity contribution is 6.13. The van der Waals surface area contributed by atoms with Crippen LogP contribution in [0, 0.1) is 68.0 Å². The first kappa shape index (κ1) is 40.2. The Balaban J connectivity index is 1.36. The molecule has 0 aliphatic rings. The van der Waals surface area contributed by atoms with Crippen LogP contribution in [-0.2, 0) is 6.18 Å². The summed E-state index contributed by atoms with van der Waals surface area (Å²) in [6, 6.07) is 56.1. The Labute approximate surface area is 374 Å². The minimum Gasteiger partial charge on any atom is -0.307 e. The van der Waals surface area contributed by atoms with Crippen LogP contribution in [0.5, 0.6) is 0 Å². The van der Waals surface area contributed by atoms with Crippen LogP contribution in [0.15, 0.2) is 152 Å². The number of alkyl halides is 3. The van der Waals surface area contributed by atoms with Gasteiger partial charge in [-0.05, 0) is 107 Å². The maximum Gasteiger partial charge on any atom is 0.416 e. The lowest BCUT2D eigenvalue weighted by atomic mass is 9.93. The SMILES string of the molecule is N#Cc1cc(C#N)cc(-c2ccc3c4ccccc4n(-c4cc(C#N)c(-c5ccc(C(F)(F)F)cc5C#N)cc4-n4c5ccccc5c5ccc(-c6cc(C#N)cc(C#N)c6)cc54)c3c2)c1. The van der Waals surface area contributed by atoms with Gasteiger partial charge in [-0.25, -0.2) is 0 Å². The standard InChI is InChI=1S/C55H25F3N8/c56-55(57,58)42-11-14-43(40(21-42)30-63)48-25-54(66-50-8-4-2-6-45(50)47-13-10-37(23-52(47)66)39-19-34(28-61)16-35(20-39)29-62)53(24-41(48)31-64)65-49-7-3-1-5-44(49)46-12-9-36(22-51(46)65)38-17-32(26-59)15-33(18-38)27-60/h1-25H. The van der Waals surface area contributed by atoms with Crippen LogP contribution in [0.4, 0.5) is 13.2 Å². The molecule has 0 aliphatic carbocycles. The van der Waals surface area contributed by atoms with Gasteiger partial charge in [-0.3, -0.25) is 0 Å². The van der Waals surface area contributed by atoms with Gasteiger partial charge in [-0.15, -0.1) is 0 Å². The van der Waals surface area contributed by atoms with Crippen molar-refractivity contribution in [1.82, 2.24) is 9.13 Å². The maximum absolute atomic E-state index is 14.0. The van der Waals surface area contributed by atoms with Gasteiger partial charge in [-0.1, -0.05) is 66.7 Å². The Kier molecular flexibility index (Phi) is 9.41. The largest absolute Gasteiger partial charge is 0.416 e. The second-order valence-electron chi connectivity index (χ2n) is 15.6. The van der Waals surface area contributed by atoms with E-state index >= 15 is 0 Å². The van der Waals surface area contributed by atoms with Crippen molar-refractivity contribution < 1.29 is 13.2 Å². The third-order valence-electron chi connectivity index (χ3n) is 11.9. The molecule has 0 N–H and O–H groups in total. The van der Waals surface area contributed by atoms with Gasteiger partial charge in [-0.2, -0.15) is 44.7 Å². The highest BCUT2D eigenvalue weighted by atomic mass is 19.4. The van der Waals surface area contributed by atoms with E-state index in [4.69, 9.17) is 0 Å². The molecule has 8 nitrogen and oxygen atoms in total. The molecule has 306 valence electrons. The van der Waals surface area contributed by atoms with Gasteiger partial charge in [0.25, 0.3) is 0 Å². The molecule has 2 aromatic heterocycles. The van der Waals surface area contributed by atoms with E-state index in [9.17, 15) is 44.7 Å². The van der Waals surface area contributed by atoms with Gasteiger partial charge in [0.2, 0.25) is 0 Å². The Bertz CT molecular complexity index is 3950. The van der Waals surface area contributed by atoms with E-state index in [-0.39, 0.29) is 22.3 Å². The number of rotatable bonds is 5. The summed E-state index contributed by atoms with van der Waals surface area (Å²) in [6.45, 7) is 0. The molecule has 8 aromatic carbocycles. The number of fused-ring (bicyclic) bond motifs is 6. The van der Waals surface area contributed by atoms with Crippen molar-refractivity contribution in [2.45, 2.75) is 6.18 Å². The predicted molar refractivity (Wildman–Crippen MR) is 245 cm³/mol. The van der Waals surface area contributed by atoms with Crippen LogP contribution in [0.25, 0.3) is 88.4 Å². The van der Waals surface area contributed by atoms with Gasteiger partial charge in [0, 0.05) is 32.7 Å². The fourth-order valence-electron chi connectivity index (χ4n) is 8.96. The second kappa shape index (κ2) is 15.5. The summed E-state index contributed by atoms with van der Waals surface area (Å²) in [5, 5.41) is 64.1. The van der Waals surface area contributed by atoms with E-state index in [1.807, 2.05) is 100 Å². The van der Waals surface area contributed by atoms with E-state index in [2.05, 4.69) is 30.3 Å². The third-order valence-corrected chi connectivity index (χ3v) is 11.9. The van der Waals surface area contributed by atoms with Crippen LogP contribution in [0.2, 0.25) is 0 Å². The molecule has 66 heavy (non-hydrogen) atoms. The number of para-hydroxylation sites is 2. The van der Waals surface area contributed by atoms with Crippen molar-refractivity contribution >= 4 is 43.6 Å².